The van der Waals surface area contributed by atoms with E-state index in [1.54, 1.807) is 68.4 Å². The SMILES string of the molecule is COc1ccc(C[C@@H]2NC(=O)CC(C)(C)SSC[C@@H](C(=O)N3CCC[C@H]3C(=O)N[C@@H](CCCN=C(N)N)C(=O)NCC(N)=O)NC(=O)[C@H](CC(N)=O)NC(=O)[C@H](CCC(N)=O)NC(=O)[C@H](Cc3ccccc3)NC2=O)cc1. The van der Waals surface area contributed by atoms with E-state index >= 15 is 0 Å². The first kappa shape index (κ1) is 61.9. The Hall–Kier alpha value is -7.62. The van der Waals surface area contributed by atoms with Gasteiger partial charge in [0.25, 0.3) is 0 Å². The third-order valence-electron chi connectivity index (χ3n) is 12.1. The van der Waals surface area contributed by atoms with E-state index in [4.69, 9.17) is 33.4 Å². The van der Waals surface area contributed by atoms with E-state index in [-0.39, 0.29) is 63.3 Å². The van der Waals surface area contributed by atoms with Gasteiger partial charge in [-0.25, -0.2) is 0 Å². The van der Waals surface area contributed by atoms with Crippen molar-refractivity contribution < 1.29 is 57.5 Å². The monoisotopic (exact) mass is 1110 g/mol. The summed E-state index contributed by atoms with van der Waals surface area (Å²) in [4.78, 5) is 155. The Labute approximate surface area is 453 Å². The number of primary amides is 3. The van der Waals surface area contributed by atoms with Crippen LogP contribution in [0, 0.1) is 0 Å². The molecule has 26 nitrogen and oxygen atoms in total. The minimum Gasteiger partial charge on any atom is -0.497 e. The Balaban J connectivity index is 1.74. The van der Waals surface area contributed by atoms with Gasteiger partial charge < -0.3 is 75.5 Å². The summed E-state index contributed by atoms with van der Waals surface area (Å²) < 4.78 is 4.37. The molecule has 0 unspecified atom stereocenters. The summed E-state index contributed by atoms with van der Waals surface area (Å²) in [5.74, 6) is -9.21. The van der Waals surface area contributed by atoms with Gasteiger partial charge in [0.2, 0.25) is 65.0 Å². The number of carbonyl (C=O) groups is 11. The van der Waals surface area contributed by atoms with Crippen LogP contribution < -0.4 is 70.6 Å². The molecule has 77 heavy (non-hydrogen) atoms. The highest BCUT2D eigenvalue weighted by Gasteiger charge is 2.41. The molecule has 17 N–H and O–H groups in total. The maximum atomic E-state index is 14.7. The molecule has 420 valence electrons. The van der Waals surface area contributed by atoms with Gasteiger partial charge in [-0.1, -0.05) is 64.1 Å². The summed E-state index contributed by atoms with van der Waals surface area (Å²) in [5.41, 5.74) is 28.4. The van der Waals surface area contributed by atoms with Crippen LogP contribution in [0.25, 0.3) is 0 Å². The Morgan fingerprint density at radius 2 is 1.36 bits per heavy atom. The molecular weight excluding hydrogens is 1040 g/mol. The second-order valence-corrected chi connectivity index (χ2v) is 22.0. The predicted molar refractivity (Wildman–Crippen MR) is 286 cm³/mol. The van der Waals surface area contributed by atoms with Crippen molar-refractivity contribution in [2.45, 2.75) is 125 Å². The van der Waals surface area contributed by atoms with Crippen LogP contribution in [0.4, 0.5) is 0 Å². The molecule has 0 aliphatic carbocycles. The second kappa shape index (κ2) is 30.2. The number of carbonyl (C=O) groups excluding carboxylic acids is 11. The molecule has 2 heterocycles. The maximum absolute atomic E-state index is 14.7. The zero-order valence-corrected chi connectivity index (χ0v) is 44.8. The van der Waals surface area contributed by atoms with E-state index in [0.29, 0.717) is 23.3 Å². The topological polar surface area (TPSA) is 427 Å². The molecule has 11 amide bonds. The van der Waals surface area contributed by atoms with Crippen LogP contribution in [0.15, 0.2) is 59.6 Å². The van der Waals surface area contributed by atoms with E-state index in [1.165, 1.54) is 22.8 Å². The number of hydrogen-bond donors (Lipinski definition) is 12. The Kier molecular flexibility index (Phi) is 24.3. The highest BCUT2D eigenvalue weighted by Crippen LogP contribution is 2.39. The quantitative estimate of drug-likeness (QED) is 0.0268. The molecule has 2 aliphatic rings. The molecule has 2 aromatic rings. The Morgan fingerprint density at radius 1 is 0.766 bits per heavy atom. The van der Waals surface area contributed by atoms with E-state index in [2.05, 4.69) is 42.2 Å². The van der Waals surface area contributed by atoms with Crippen molar-refractivity contribution in [1.29, 1.82) is 0 Å². The zero-order valence-electron chi connectivity index (χ0n) is 43.1. The zero-order chi connectivity index (χ0) is 56.8. The summed E-state index contributed by atoms with van der Waals surface area (Å²) >= 11 is 0. The van der Waals surface area contributed by atoms with Crippen molar-refractivity contribution in [3.63, 3.8) is 0 Å². The largest absolute Gasteiger partial charge is 0.497 e. The molecule has 2 fully saturated rings. The summed E-state index contributed by atoms with van der Waals surface area (Å²) in [6.45, 7) is 3.08. The fourth-order valence-electron chi connectivity index (χ4n) is 8.26. The first-order valence-electron chi connectivity index (χ1n) is 24.7. The van der Waals surface area contributed by atoms with Crippen LogP contribution in [0.1, 0.15) is 76.3 Å². The minimum absolute atomic E-state index is 0.0129. The maximum Gasteiger partial charge on any atom is 0.246 e. The number of methoxy groups -OCH3 is 1. The molecular formula is C49H70N14O12S2. The van der Waals surface area contributed by atoms with Crippen LogP contribution in [0.2, 0.25) is 0 Å². The van der Waals surface area contributed by atoms with Gasteiger partial charge >= 0.3 is 0 Å². The van der Waals surface area contributed by atoms with E-state index in [9.17, 15) is 52.7 Å². The van der Waals surface area contributed by atoms with Gasteiger partial charge in [-0.05, 0) is 69.2 Å². The lowest BCUT2D eigenvalue weighted by Gasteiger charge is -2.31. The molecule has 0 radical (unpaired) electrons. The van der Waals surface area contributed by atoms with Gasteiger partial charge in [0, 0.05) is 49.3 Å². The third kappa shape index (κ3) is 21.1. The molecule has 7 atom stereocenters. The van der Waals surface area contributed by atoms with E-state index in [0.717, 1.165) is 10.8 Å². The lowest BCUT2D eigenvalue weighted by atomic mass is 10.0. The summed E-state index contributed by atoms with van der Waals surface area (Å²) in [6.07, 6.45) is -1.30. The number of nitrogens with zero attached hydrogens (tertiary/aromatic N) is 2. The van der Waals surface area contributed by atoms with Crippen LogP contribution in [-0.4, -0.2) is 155 Å². The average Bonchev–Trinajstić information content (AvgIpc) is 3.87. The van der Waals surface area contributed by atoms with Crippen molar-refractivity contribution in [3.8, 4) is 5.75 Å². The van der Waals surface area contributed by atoms with Crippen molar-refractivity contribution >= 4 is 92.5 Å². The number of aliphatic imine (C=N–C) groups is 1. The van der Waals surface area contributed by atoms with Crippen molar-refractivity contribution in [2.75, 3.05) is 32.5 Å². The smallest absolute Gasteiger partial charge is 0.246 e. The van der Waals surface area contributed by atoms with Crippen LogP contribution >= 0.6 is 21.6 Å². The molecule has 2 saturated heterocycles. The predicted octanol–water partition coefficient (Wildman–Crippen LogP) is -3.26. The second-order valence-electron chi connectivity index (χ2n) is 19.0. The van der Waals surface area contributed by atoms with Gasteiger partial charge in [-0.15, -0.1) is 0 Å². The van der Waals surface area contributed by atoms with Gasteiger partial charge in [0.1, 0.15) is 48.0 Å². The standard InChI is InChI=1S/C49H70N14O12S2/c1-49(2)24-40(67)57-32(22-28-13-15-29(75-3)16-14-28)43(70)60-33(21-27-9-5-4-6-10-27)44(71)58-31(17-18-37(50)64)42(69)61-34(23-38(51)65)45(72)62-35(26-76-77-49)47(74)63-20-8-12-36(63)46(73)59-30(11-7-19-55-48(53)54)41(68)56-25-39(52)66/h4-6,9-10,13-16,30-36H,7-8,11-12,17-26H2,1-3H3,(H2,50,64)(H2,51,65)(H2,52,66)(H,56,68)(H,57,67)(H,58,71)(H,59,73)(H,60,70)(H,61,69)(H,62,72)(H4,53,54,55)/t30-,31-,32-,33-,34-,35-,36-/m0/s1. The number of guanidine groups is 1. The lowest BCUT2D eigenvalue weighted by Crippen LogP contribution is -2.61. The van der Waals surface area contributed by atoms with Gasteiger partial charge in [-0.2, -0.15) is 0 Å². The average molecular weight is 1110 g/mol. The summed E-state index contributed by atoms with van der Waals surface area (Å²) in [5, 5.41) is 18.2. The summed E-state index contributed by atoms with van der Waals surface area (Å²) in [6, 6.07) is 5.47. The van der Waals surface area contributed by atoms with Crippen LogP contribution in [0.5, 0.6) is 5.75 Å². The molecule has 0 spiro atoms. The number of benzene rings is 2. The summed E-state index contributed by atoms with van der Waals surface area (Å²) in [7, 11) is 3.74. The van der Waals surface area contributed by atoms with Crippen molar-refractivity contribution in [3.05, 3.63) is 65.7 Å². The number of likely N-dealkylation sites (tertiary alicyclic amines) is 1. The Bertz CT molecular complexity index is 2480. The van der Waals surface area contributed by atoms with Crippen LogP contribution in [-0.2, 0) is 65.6 Å². The normalized spacial score (nSPS) is 22.0. The molecule has 28 heteroatoms. The lowest BCUT2D eigenvalue weighted by molar-refractivity contribution is -0.142. The highest BCUT2D eigenvalue weighted by atomic mass is 33.1. The number of rotatable bonds is 20. The van der Waals surface area contributed by atoms with Gasteiger partial charge in [0.15, 0.2) is 5.96 Å². The first-order valence-corrected chi connectivity index (χ1v) is 27.0. The minimum atomic E-state index is -1.78. The molecule has 0 saturated carbocycles. The first-order chi connectivity index (χ1) is 36.4. The fraction of sp³-hybridized carbons (Fsp3) is 0.510. The molecule has 2 aromatic carbocycles. The van der Waals surface area contributed by atoms with Crippen molar-refractivity contribution in [2.24, 2.45) is 33.7 Å². The van der Waals surface area contributed by atoms with Gasteiger partial charge in [-0.3, -0.25) is 57.7 Å². The Morgan fingerprint density at radius 3 is 1.97 bits per heavy atom. The molecule has 4 rings (SSSR count). The highest BCUT2D eigenvalue weighted by molar-refractivity contribution is 8.77. The number of ether oxygens (including phenoxy) is 1. The van der Waals surface area contributed by atoms with Crippen LogP contribution in [0.3, 0.4) is 0 Å². The number of hydrogen-bond acceptors (Lipinski definition) is 15. The molecule has 2 aliphatic heterocycles. The van der Waals surface area contributed by atoms with E-state index in [1.807, 2.05) is 0 Å². The molecule has 0 aromatic heterocycles. The van der Waals surface area contributed by atoms with Gasteiger partial charge in [0.05, 0.1) is 20.1 Å². The fourth-order valence-corrected chi connectivity index (χ4v) is 10.9. The number of nitrogens with two attached hydrogens (primary N) is 5. The number of nitrogens with one attached hydrogen (secondary N) is 7. The molecule has 0 bridgehead atoms. The third-order valence-corrected chi connectivity index (χ3v) is 15.4. The van der Waals surface area contributed by atoms with Crippen molar-refractivity contribution in [1.82, 2.24) is 42.1 Å². The number of amides is 11. The van der Waals surface area contributed by atoms with E-state index < -0.39 is 138 Å².